The summed E-state index contributed by atoms with van der Waals surface area (Å²) in [4.78, 5) is 12.3. The fourth-order valence-corrected chi connectivity index (χ4v) is 5.09. The molecule has 28 heavy (non-hydrogen) atoms. The van der Waals surface area contributed by atoms with Gasteiger partial charge in [-0.1, -0.05) is 34.1 Å². The molecule has 2 aromatic carbocycles. The van der Waals surface area contributed by atoms with Crippen LogP contribution in [0.4, 0.5) is 0 Å². The molecule has 0 spiro atoms. The molecular weight excluding hydrogens is 468 g/mol. The predicted molar refractivity (Wildman–Crippen MR) is 110 cm³/mol. The van der Waals surface area contributed by atoms with Crippen LogP contribution >= 0.6 is 15.9 Å². The van der Waals surface area contributed by atoms with Crippen LogP contribution in [0.1, 0.15) is 6.42 Å². The van der Waals surface area contributed by atoms with Crippen molar-refractivity contribution in [1.82, 2.24) is 9.62 Å². The van der Waals surface area contributed by atoms with E-state index in [0.29, 0.717) is 0 Å². The molecule has 0 atom stereocenters. The van der Waals surface area contributed by atoms with E-state index in [9.17, 15) is 21.6 Å². The van der Waals surface area contributed by atoms with E-state index in [-0.39, 0.29) is 35.1 Å². The zero-order valence-electron chi connectivity index (χ0n) is 15.2. The van der Waals surface area contributed by atoms with Crippen molar-refractivity contribution < 1.29 is 21.6 Å². The summed E-state index contributed by atoms with van der Waals surface area (Å²) < 4.78 is 50.9. The number of benzene rings is 2. The zero-order chi connectivity index (χ0) is 20.8. The number of nitrogens with one attached hydrogen (secondary N) is 1. The van der Waals surface area contributed by atoms with E-state index in [2.05, 4.69) is 21.2 Å². The molecule has 10 heteroatoms. The van der Waals surface area contributed by atoms with Gasteiger partial charge in [0.1, 0.15) is 0 Å². The second kappa shape index (κ2) is 9.64. The summed E-state index contributed by atoms with van der Waals surface area (Å²) in [6.45, 7) is -0.221. The molecule has 2 rings (SSSR count). The van der Waals surface area contributed by atoms with Gasteiger partial charge in [0.15, 0.2) is 9.84 Å². The standard InChI is InChI=1S/C18H21BrN2O5S2/c1-21(28(25,26)17-10-8-15(19)9-11-17)14-18(22)20-12-5-13-27(23,24)16-6-3-2-4-7-16/h2-4,6-11H,5,12-14H2,1H3,(H,20,22). The third kappa shape index (κ3) is 6.13. The molecule has 0 saturated heterocycles. The molecular formula is C18H21BrN2O5S2. The molecule has 0 aliphatic rings. The fourth-order valence-electron chi connectivity index (χ4n) is 2.37. The lowest BCUT2D eigenvalue weighted by atomic mass is 10.4. The molecule has 0 bridgehead atoms. The zero-order valence-corrected chi connectivity index (χ0v) is 18.4. The van der Waals surface area contributed by atoms with Gasteiger partial charge in [-0.05, 0) is 42.8 Å². The first-order chi connectivity index (χ1) is 13.1. The van der Waals surface area contributed by atoms with E-state index in [4.69, 9.17) is 0 Å². The van der Waals surface area contributed by atoms with Gasteiger partial charge in [0.25, 0.3) is 0 Å². The summed E-state index contributed by atoms with van der Waals surface area (Å²) in [5, 5.41) is 2.55. The summed E-state index contributed by atoms with van der Waals surface area (Å²) >= 11 is 3.24. The normalized spacial score (nSPS) is 12.1. The highest BCUT2D eigenvalue weighted by molar-refractivity contribution is 9.10. The molecule has 0 unspecified atom stereocenters. The number of carbonyl (C=O) groups is 1. The summed E-state index contributed by atoms with van der Waals surface area (Å²) in [5.41, 5.74) is 0. The second-order valence-corrected chi connectivity index (χ2v) is 11.1. The lowest BCUT2D eigenvalue weighted by Crippen LogP contribution is -2.38. The van der Waals surface area contributed by atoms with E-state index in [1.807, 2.05) is 0 Å². The third-order valence-corrected chi connectivity index (χ3v) is 8.07. The molecule has 0 aromatic heterocycles. The monoisotopic (exact) mass is 488 g/mol. The molecule has 7 nitrogen and oxygen atoms in total. The van der Waals surface area contributed by atoms with Crippen LogP contribution < -0.4 is 5.32 Å². The maximum atomic E-state index is 12.4. The van der Waals surface area contributed by atoms with Gasteiger partial charge in [0, 0.05) is 18.1 Å². The number of carbonyl (C=O) groups excluding carboxylic acids is 1. The Kier molecular flexibility index (Phi) is 7.76. The molecule has 1 amide bonds. The Morgan fingerprint density at radius 1 is 0.964 bits per heavy atom. The molecule has 0 radical (unpaired) electrons. The van der Waals surface area contributed by atoms with Gasteiger partial charge in [-0.25, -0.2) is 16.8 Å². The Morgan fingerprint density at radius 3 is 2.18 bits per heavy atom. The maximum Gasteiger partial charge on any atom is 0.243 e. The highest BCUT2D eigenvalue weighted by Crippen LogP contribution is 2.17. The van der Waals surface area contributed by atoms with Crippen molar-refractivity contribution in [2.24, 2.45) is 0 Å². The van der Waals surface area contributed by atoms with E-state index >= 15 is 0 Å². The van der Waals surface area contributed by atoms with Gasteiger partial charge in [0.05, 0.1) is 22.1 Å². The van der Waals surface area contributed by atoms with Crippen molar-refractivity contribution >= 4 is 41.7 Å². The largest absolute Gasteiger partial charge is 0.355 e. The minimum atomic E-state index is -3.78. The highest BCUT2D eigenvalue weighted by atomic mass is 79.9. The number of sulfonamides is 1. The summed E-state index contributed by atoms with van der Waals surface area (Å²) in [7, 11) is -5.87. The Hall–Kier alpha value is -1.75. The molecule has 0 saturated carbocycles. The van der Waals surface area contributed by atoms with Crippen molar-refractivity contribution in [3.05, 3.63) is 59.1 Å². The van der Waals surface area contributed by atoms with Crippen LogP contribution in [0.3, 0.4) is 0 Å². The SMILES string of the molecule is CN(CC(=O)NCCCS(=O)(=O)c1ccccc1)S(=O)(=O)c1ccc(Br)cc1. The Morgan fingerprint density at radius 2 is 1.57 bits per heavy atom. The summed E-state index contributed by atoms with van der Waals surface area (Å²) in [5.74, 6) is -0.607. The van der Waals surface area contributed by atoms with Crippen molar-refractivity contribution in [3.63, 3.8) is 0 Å². The van der Waals surface area contributed by atoms with Gasteiger partial charge in [-0.3, -0.25) is 4.79 Å². The average molecular weight is 489 g/mol. The third-order valence-electron chi connectivity index (χ3n) is 3.90. The molecule has 0 fully saturated rings. The Labute approximate surface area is 173 Å². The van der Waals surface area contributed by atoms with E-state index in [0.717, 1.165) is 8.78 Å². The first-order valence-corrected chi connectivity index (χ1v) is 12.3. The smallest absolute Gasteiger partial charge is 0.243 e. The maximum absolute atomic E-state index is 12.4. The van der Waals surface area contributed by atoms with Gasteiger partial charge in [-0.2, -0.15) is 4.31 Å². The first kappa shape index (κ1) is 22.5. The quantitative estimate of drug-likeness (QED) is 0.544. The van der Waals surface area contributed by atoms with E-state index < -0.39 is 25.8 Å². The van der Waals surface area contributed by atoms with Crippen LogP contribution in [-0.4, -0.2) is 52.9 Å². The fraction of sp³-hybridized carbons (Fsp3) is 0.278. The number of hydrogen-bond donors (Lipinski definition) is 1. The molecule has 0 aliphatic heterocycles. The van der Waals surface area contributed by atoms with Gasteiger partial charge in [0.2, 0.25) is 15.9 Å². The number of nitrogens with zero attached hydrogens (tertiary/aromatic N) is 1. The highest BCUT2D eigenvalue weighted by Gasteiger charge is 2.22. The number of sulfone groups is 1. The van der Waals surface area contributed by atoms with E-state index in [1.165, 1.54) is 31.3 Å². The number of hydrogen-bond acceptors (Lipinski definition) is 5. The number of halogens is 1. The molecule has 2 aromatic rings. The van der Waals surface area contributed by atoms with Crippen molar-refractivity contribution in [2.45, 2.75) is 16.2 Å². The Bertz CT molecular complexity index is 1010. The van der Waals surface area contributed by atoms with Gasteiger partial charge >= 0.3 is 0 Å². The van der Waals surface area contributed by atoms with Crippen LogP contribution in [-0.2, 0) is 24.7 Å². The van der Waals surface area contributed by atoms with Crippen LogP contribution in [0.2, 0.25) is 0 Å². The number of amides is 1. The number of likely N-dealkylation sites (N-methyl/N-ethyl adjacent to an activating group) is 1. The van der Waals surface area contributed by atoms with Crippen molar-refractivity contribution in [2.75, 3.05) is 25.9 Å². The average Bonchev–Trinajstić information content (AvgIpc) is 2.66. The minimum Gasteiger partial charge on any atom is -0.355 e. The molecule has 1 N–H and O–H groups in total. The van der Waals surface area contributed by atoms with Crippen LogP contribution in [0.15, 0.2) is 68.9 Å². The lowest BCUT2D eigenvalue weighted by molar-refractivity contribution is -0.121. The van der Waals surface area contributed by atoms with Crippen LogP contribution in [0.5, 0.6) is 0 Å². The molecule has 0 aliphatic carbocycles. The van der Waals surface area contributed by atoms with Crippen molar-refractivity contribution in [3.8, 4) is 0 Å². The Balaban J connectivity index is 1.83. The van der Waals surface area contributed by atoms with Crippen LogP contribution in [0.25, 0.3) is 0 Å². The summed E-state index contributed by atoms with van der Waals surface area (Å²) in [6.07, 6.45) is 0.228. The summed E-state index contributed by atoms with van der Waals surface area (Å²) in [6, 6.07) is 14.2. The van der Waals surface area contributed by atoms with E-state index in [1.54, 1.807) is 30.3 Å². The predicted octanol–water partition coefficient (Wildman–Crippen LogP) is 2.05. The topological polar surface area (TPSA) is 101 Å². The van der Waals surface area contributed by atoms with Crippen molar-refractivity contribution in [1.29, 1.82) is 0 Å². The van der Waals surface area contributed by atoms with Gasteiger partial charge in [-0.15, -0.1) is 0 Å². The molecule has 152 valence electrons. The number of rotatable bonds is 9. The molecule has 0 heterocycles. The van der Waals surface area contributed by atoms with Crippen LogP contribution in [0, 0.1) is 0 Å². The lowest BCUT2D eigenvalue weighted by Gasteiger charge is -2.17. The van der Waals surface area contributed by atoms with Gasteiger partial charge < -0.3 is 5.32 Å². The second-order valence-electron chi connectivity index (χ2n) is 6.05. The first-order valence-electron chi connectivity index (χ1n) is 8.39. The minimum absolute atomic E-state index is 0.0833.